The molecular weight excluding hydrogens is 660 g/mol. The third kappa shape index (κ3) is 5.21. The van der Waals surface area contributed by atoms with Gasteiger partial charge >= 0.3 is 8.25 Å². The van der Waals surface area contributed by atoms with Crippen LogP contribution in [0.1, 0.15) is 12.5 Å². The Labute approximate surface area is 247 Å². The maximum absolute atomic E-state index is 15.6. The van der Waals surface area contributed by atoms with Gasteiger partial charge in [-0.05, 0) is 11.8 Å². The Kier molecular flexibility index (Phi) is 8.07. The molecule has 26 heteroatoms. The minimum atomic E-state index is -4.38. The van der Waals surface area contributed by atoms with Crippen LogP contribution in [-0.2, 0) is 34.9 Å². The number of hydrogen-bond donors (Lipinski definition) is 6. The van der Waals surface area contributed by atoms with Crippen molar-refractivity contribution in [3.63, 3.8) is 0 Å². The molecule has 44 heavy (non-hydrogen) atoms. The van der Waals surface area contributed by atoms with Gasteiger partial charge in [-0.25, -0.2) is 18.7 Å². The van der Waals surface area contributed by atoms with Crippen LogP contribution in [0.4, 0.5) is 20.5 Å². The van der Waals surface area contributed by atoms with Gasteiger partial charge in [0.15, 0.2) is 59.4 Å². The van der Waals surface area contributed by atoms with Crippen LogP contribution >= 0.6 is 14.7 Å². The van der Waals surface area contributed by atoms with Gasteiger partial charge in [0.05, 0.1) is 13.2 Å². The smallest absolute Gasteiger partial charge is 0.394 e. The van der Waals surface area contributed by atoms with Gasteiger partial charge in [0.2, 0.25) is 5.95 Å². The Hall–Kier alpha value is -3.31. The third-order valence-corrected chi connectivity index (χ3v) is 10.2. The second-order valence-electron chi connectivity index (χ2n) is 9.48. The molecule has 8 N–H and O–H groups in total. The Morgan fingerprint density at radius 1 is 1.09 bits per heavy atom. The number of H-pyrrole nitrogens is 1. The number of ether oxygens (including phenoxy) is 2. The lowest BCUT2D eigenvalue weighted by molar-refractivity contribution is -0.0464. The van der Waals surface area contributed by atoms with E-state index in [1.807, 2.05) is 0 Å². The second-order valence-corrected chi connectivity index (χ2v) is 13.7. The average molecular weight is 681 g/mol. The molecule has 10 atom stereocenters. The fourth-order valence-electron chi connectivity index (χ4n) is 4.90. The van der Waals surface area contributed by atoms with E-state index < -0.39 is 82.3 Å². The van der Waals surface area contributed by atoms with Crippen LogP contribution in [0.2, 0.25) is 0 Å². The SMILES string of the molecule is Nc1nc2c(nnn2[C@@H]2O[C@H](CO)[C@H](F)[C@H]2P(O)(=S)OC[C@H]2O[C@@H](n3nnc4c(N)ncnc43)[C@@H](F)[C@@H]2O[P+](=O)O)c(=O)[nH]1. The molecule has 4 aromatic rings. The molecule has 21 nitrogen and oxygen atoms in total. The number of hydrogen-bond acceptors (Lipinski definition) is 17. The van der Waals surface area contributed by atoms with Crippen LogP contribution in [0.5, 0.6) is 0 Å². The van der Waals surface area contributed by atoms with Gasteiger partial charge in [-0.1, -0.05) is 10.4 Å². The first-order chi connectivity index (χ1) is 20.9. The maximum Gasteiger partial charge on any atom is 0.695 e. The summed E-state index contributed by atoms with van der Waals surface area (Å²) in [6.45, 7) is -6.01. The van der Waals surface area contributed by atoms with Crippen molar-refractivity contribution in [1.29, 1.82) is 0 Å². The molecule has 6 heterocycles. The van der Waals surface area contributed by atoms with Crippen LogP contribution in [-0.4, -0.2) is 114 Å². The van der Waals surface area contributed by atoms with Gasteiger partial charge < -0.3 is 35.5 Å². The number of anilines is 2. The topological polar surface area (TPSA) is 300 Å². The third-order valence-electron chi connectivity index (χ3n) is 6.87. The molecule has 4 aromatic heterocycles. The first kappa shape index (κ1) is 30.7. The second kappa shape index (κ2) is 11.6. The predicted octanol–water partition coefficient (Wildman–Crippen LogP) is -1.90. The number of nitrogens with one attached hydrogen (secondary N) is 1. The predicted molar refractivity (Wildman–Crippen MR) is 144 cm³/mol. The highest BCUT2D eigenvalue weighted by atomic mass is 32.5. The molecule has 2 aliphatic heterocycles. The number of aromatic amines is 1. The molecular formula is C18H21F2N12O9P2S+. The molecule has 2 unspecified atom stereocenters. The van der Waals surface area contributed by atoms with Crippen LogP contribution in [0.3, 0.4) is 0 Å². The molecule has 0 aromatic carbocycles. The standard InChI is InChI=1S/C18H20F2N12O9P2S/c19-6-4(1-33)39-17(32-14-9(28-30-32)15(34)26-18(22)25-14)11(6)43(37,44)38-2-5-10(41-42(35)36)7(20)16(40-5)31-13-8(27-29-31)12(21)23-3-24-13/h3-7,10-11,16-17,33H,1-2H2,(H6-,21,22,23,24,25,26,29,30,34,35,36,37,44)/p+1/t4-,5-,6+,7+,10-,11-,16-,17-,43?/m1/s1. The summed E-state index contributed by atoms with van der Waals surface area (Å²) in [4.78, 5) is 46.8. The molecule has 0 bridgehead atoms. The highest BCUT2D eigenvalue weighted by Crippen LogP contribution is 2.58. The number of aliphatic hydroxyl groups excluding tert-OH is 1. The fourth-order valence-corrected chi connectivity index (χ4v) is 7.81. The highest BCUT2D eigenvalue weighted by molar-refractivity contribution is 8.09. The summed E-state index contributed by atoms with van der Waals surface area (Å²) in [5, 5.41) is 24.8. The number of nitrogen functional groups attached to an aromatic ring is 2. The molecule has 0 spiro atoms. The molecule has 0 aliphatic carbocycles. The zero-order valence-corrected chi connectivity index (χ0v) is 24.2. The number of nitrogens with zero attached hydrogens (tertiary/aromatic N) is 9. The number of nitrogens with two attached hydrogens (primary N) is 2. The number of alkyl halides is 2. The van der Waals surface area contributed by atoms with Crippen LogP contribution in [0, 0.1) is 0 Å². The molecule has 0 radical (unpaired) electrons. The van der Waals surface area contributed by atoms with E-state index in [4.69, 9.17) is 41.8 Å². The minimum Gasteiger partial charge on any atom is -0.394 e. The molecule has 2 fully saturated rings. The van der Waals surface area contributed by atoms with Crippen LogP contribution in [0.25, 0.3) is 22.3 Å². The molecule has 6 rings (SSSR count). The van der Waals surface area contributed by atoms with Crippen molar-refractivity contribution < 1.29 is 46.8 Å². The lowest BCUT2D eigenvalue weighted by Crippen LogP contribution is -2.35. The summed E-state index contributed by atoms with van der Waals surface area (Å²) in [5.74, 6) is -0.383. The first-order valence-electron chi connectivity index (χ1n) is 12.3. The van der Waals surface area contributed by atoms with Crippen molar-refractivity contribution in [2.45, 2.75) is 48.8 Å². The number of aliphatic hydroxyl groups is 1. The molecule has 236 valence electrons. The summed E-state index contributed by atoms with van der Waals surface area (Å²) in [5.41, 5.74) is 8.33. The fraction of sp³-hybridized carbons (Fsp3) is 0.556. The normalized spacial score (nSPS) is 30.7. The van der Waals surface area contributed by atoms with E-state index in [1.54, 1.807) is 0 Å². The van der Waals surface area contributed by atoms with Crippen molar-refractivity contribution in [1.82, 2.24) is 49.9 Å². The summed E-state index contributed by atoms with van der Waals surface area (Å²) < 4.78 is 66.2. The Balaban J connectivity index is 1.29. The Bertz CT molecular complexity index is 1850. The van der Waals surface area contributed by atoms with E-state index in [-0.39, 0.29) is 34.1 Å². The lowest BCUT2D eigenvalue weighted by Gasteiger charge is -2.28. The quantitative estimate of drug-likeness (QED) is 0.105. The van der Waals surface area contributed by atoms with Crippen molar-refractivity contribution in [3.05, 3.63) is 16.7 Å². The first-order valence-corrected chi connectivity index (χ1v) is 16.2. The van der Waals surface area contributed by atoms with Gasteiger partial charge in [-0.15, -0.1) is 19.6 Å². The number of aromatic nitrogens is 10. The molecule has 0 saturated carbocycles. The summed E-state index contributed by atoms with van der Waals surface area (Å²) in [6, 6.07) is 0. The van der Waals surface area contributed by atoms with E-state index in [2.05, 4.69) is 40.6 Å². The van der Waals surface area contributed by atoms with E-state index in [0.29, 0.717) is 0 Å². The van der Waals surface area contributed by atoms with Crippen molar-refractivity contribution in [3.8, 4) is 0 Å². The zero-order chi connectivity index (χ0) is 31.5. The number of rotatable bonds is 9. The lowest BCUT2D eigenvalue weighted by atomic mass is 10.1. The Morgan fingerprint density at radius 3 is 2.48 bits per heavy atom. The Morgan fingerprint density at radius 2 is 1.77 bits per heavy atom. The maximum atomic E-state index is 15.6. The highest BCUT2D eigenvalue weighted by Gasteiger charge is 2.56. The summed E-state index contributed by atoms with van der Waals surface area (Å²) in [7, 11) is -3.37. The number of fused-ring (bicyclic) bond motifs is 2. The van der Waals surface area contributed by atoms with Gasteiger partial charge in [0, 0.05) is 4.57 Å². The van der Waals surface area contributed by atoms with E-state index in [9.17, 15) is 24.3 Å². The number of halogens is 2. The minimum absolute atomic E-state index is 0.0261. The summed E-state index contributed by atoms with van der Waals surface area (Å²) >= 11 is 5.30. The van der Waals surface area contributed by atoms with Gasteiger partial charge in [0.25, 0.3) is 5.56 Å². The van der Waals surface area contributed by atoms with Crippen LogP contribution in [0.15, 0.2) is 11.1 Å². The molecule has 2 aliphatic rings. The van der Waals surface area contributed by atoms with Crippen molar-refractivity contribution >= 4 is 60.6 Å². The van der Waals surface area contributed by atoms with Crippen LogP contribution < -0.4 is 17.0 Å². The van der Waals surface area contributed by atoms with Gasteiger partial charge in [-0.2, -0.15) is 14.3 Å². The van der Waals surface area contributed by atoms with Gasteiger partial charge in [-0.3, -0.25) is 9.78 Å². The zero-order valence-electron chi connectivity index (χ0n) is 21.6. The molecule has 2 saturated heterocycles. The van der Waals surface area contributed by atoms with Crippen molar-refractivity contribution in [2.24, 2.45) is 0 Å². The van der Waals surface area contributed by atoms with E-state index >= 15 is 8.78 Å². The average Bonchev–Trinajstić information content (AvgIpc) is 3.72. The van der Waals surface area contributed by atoms with E-state index in [0.717, 1.165) is 15.7 Å². The monoisotopic (exact) mass is 681 g/mol. The van der Waals surface area contributed by atoms with Gasteiger partial charge in [0.1, 0.15) is 30.4 Å². The summed E-state index contributed by atoms with van der Waals surface area (Å²) in [6.07, 6.45) is -11.3. The molecule has 0 amide bonds. The van der Waals surface area contributed by atoms with E-state index in [1.165, 1.54) is 0 Å². The largest absolute Gasteiger partial charge is 0.695 e. The van der Waals surface area contributed by atoms with Crippen molar-refractivity contribution in [2.75, 3.05) is 24.7 Å².